The molecule has 0 bridgehead atoms. The lowest BCUT2D eigenvalue weighted by molar-refractivity contribution is -0.120. The van der Waals surface area contributed by atoms with Gasteiger partial charge in [0.2, 0.25) is 15.9 Å². The topological polar surface area (TPSA) is 105 Å². The van der Waals surface area contributed by atoms with E-state index in [4.69, 9.17) is 4.74 Å². The minimum atomic E-state index is -3.67. The van der Waals surface area contributed by atoms with Gasteiger partial charge in [0.1, 0.15) is 5.75 Å². The molecule has 0 aliphatic carbocycles. The molecule has 2 aromatic carbocycles. The van der Waals surface area contributed by atoms with E-state index in [2.05, 4.69) is 10.6 Å². The van der Waals surface area contributed by atoms with E-state index >= 15 is 0 Å². The Morgan fingerprint density at radius 3 is 2.27 bits per heavy atom. The molecule has 0 aliphatic rings. The Morgan fingerprint density at radius 2 is 1.67 bits per heavy atom. The summed E-state index contributed by atoms with van der Waals surface area (Å²) < 4.78 is 31.6. The van der Waals surface area contributed by atoms with Gasteiger partial charge >= 0.3 is 0 Å². The lowest BCUT2D eigenvalue weighted by atomic mass is 10.2. The fraction of sp³-hybridized carbons (Fsp3) is 0.333. The van der Waals surface area contributed by atoms with Crippen LogP contribution in [0.3, 0.4) is 0 Å². The summed E-state index contributed by atoms with van der Waals surface area (Å²) in [5.41, 5.74) is 1.07. The first-order valence-electron chi connectivity index (χ1n) is 9.59. The van der Waals surface area contributed by atoms with E-state index in [0.717, 1.165) is 11.3 Å². The standard InChI is InChI=1S/C21H27N3O5S/c1-4-24(5-2)30(27,28)19-8-6-7-17(13-19)21(26)23-15-20(25)22-14-16-9-11-18(29-3)12-10-16/h6-13H,4-5,14-15H2,1-3H3,(H,22,25)(H,23,26). The Kier molecular flexibility index (Phi) is 8.37. The summed E-state index contributed by atoms with van der Waals surface area (Å²) in [6.45, 7) is 4.27. The second-order valence-corrected chi connectivity index (χ2v) is 8.36. The van der Waals surface area contributed by atoms with Crippen LogP contribution in [0, 0.1) is 0 Å². The maximum Gasteiger partial charge on any atom is 0.251 e. The van der Waals surface area contributed by atoms with Gasteiger partial charge in [-0.15, -0.1) is 0 Å². The summed E-state index contributed by atoms with van der Waals surface area (Å²) in [5.74, 6) is -0.153. The Morgan fingerprint density at radius 1 is 1.00 bits per heavy atom. The third-order valence-electron chi connectivity index (χ3n) is 4.50. The van der Waals surface area contributed by atoms with Gasteiger partial charge in [-0.25, -0.2) is 8.42 Å². The zero-order chi connectivity index (χ0) is 22.1. The van der Waals surface area contributed by atoms with Gasteiger partial charge in [0, 0.05) is 25.2 Å². The summed E-state index contributed by atoms with van der Waals surface area (Å²) in [7, 11) is -2.09. The van der Waals surface area contributed by atoms with Crippen LogP contribution in [0.4, 0.5) is 0 Å². The predicted molar refractivity (Wildman–Crippen MR) is 114 cm³/mol. The third kappa shape index (κ3) is 6.04. The number of nitrogens with zero attached hydrogens (tertiary/aromatic N) is 1. The molecule has 162 valence electrons. The lowest BCUT2D eigenvalue weighted by Gasteiger charge is -2.18. The first-order chi connectivity index (χ1) is 14.3. The minimum Gasteiger partial charge on any atom is -0.497 e. The number of carbonyl (C=O) groups is 2. The van der Waals surface area contributed by atoms with Gasteiger partial charge in [0.25, 0.3) is 5.91 Å². The molecular formula is C21H27N3O5S. The highest BCUT2D eigenvalue weighted by molar-refractivity contribution is 7.89. The minimum absolute atomic E-state index is 0.0443. The SMILES string of the molecule is CCN(CC)S(=O)(=O)c1cccc(C(=O)NCC(=O)NCc2ccc(OC)cc2)c1. The zero-order valence-corrected chi connectivity index (χ0v) is 18.2. The first kappa shape index (κ1) is 23.4. The summed E-state index contributed by atoms with van der Waals surface area (Å²) in [5, 5.41) is 5.22. The van der Waals surface area contributed by atoms with Gasteiger partial charge in [-0.05, 0) is 35.9 Å². The first-order valence-corrected chi connectivity index (χ1v) is 11.0. The molecule has 30 heavy (non-hydrogen) atoms. The molecule has 2 rings (SSSR count). The highest BCUT2D eigenvalue weighted by Gasteiger charge is 2.22. The van der Waals surface area contributed by atoms with Crippen molar-refractivity contribution >= 4 is 21.8 Å². The Labute approximate surface area is 177 Å². The molecule has 0 saturated heterocycles. The third-order valence-corrected chi connectivity index (χ3v) is 6.54. The van der Waals surface area contributed by atoms with E-state index in [-0.39, 0.29) is 22.9 Å². The van der Waals surface area contributed by atoms with Crippen LogP contribution >= 0.6 is 0 Å². The van der Waals surface area contributed by atoms with Crippen molar-refractivity contribution in [3.63, 3.8) is 0 Å². The van der Waals surface area contributed by atoms with Crippen LogP contribution in [-0.4, -0.2) is 51.3 Å². The van der Waals surface area contributed by atoms with Crippen molar-refractivity contribution in [3.8, 4) is 5.75 Å². The van der Waals surface area contributed by atoms with Crippen molar-refractivity contribution < 1.29 is 22.7 Å². The zero-order valence-electron chi connectivity index (χ0n) is 17.3. The number of amides is 2. The van der Waals surface area contributed by atoms with E-state index < -0.39 is 15.9 Å². The van der Waals surface area contributed by atoms with Crippen molar-refractivity contribution in [2.75, 3.05) is 26.7 Å². The van der Waals surface area contributed by atoms with Gasteiger partial charge in [-0.2, -0.15) is 4.31 Å². The molecule has 2 amide bonds. The summed E-state index contributed by atoms with van der Waals surface area (Å²) in [4.78, 5) is 24.4. The van der Waals surface area contributed by atoms with Crippen LogP contribution in [0.5, 0.6) is 5.75 Å². The predicted octanol–water partition coefficient (Wildman–Crippen LogP) is 1.77. The van der Waals surface area contributed by atoms with Gasteiger partial charge in [0.15, 0.2) is 0 Å². The van der Waals surface area contributed by atoms with Crippen LogP contribution < -0.4 is 15.4 Å². The summed E-state index contributed by atoms with van der Waals surface area (Å²) in [6.07, 6.45) is 0. The molecule has 0 aliphatic heterocycles. The number of sulfonamides is 1. The molecule has 0 spiro atoms. The Balaban J connectivity index is 1.93. The van der Waals surface area contributed by atoms with E-state index in [0.29, 0.717) is 19.6 Å². The van der Waals surface area contributed by atoms with Crippen LogP contribution in [0.25, 0.3) is 0 Å². The van der Waals surface area contributed by atoms with Crippen molar-refractivity contribution in [2.24, 2.45) is 0 Å². The lowest BCUT2D eigenvalue weighted by Crippen LogP contribution is -2.36. The van der Waals surface area contributed by atoms with Gasteiger partial charge in [0.05, 0.1) is 18.6 Å². The molecule has 0 unspecified atom stereocenters. The molecule has 0 saturated carbocycles. The molecule has 0 atom stereocenters. The average molecular weight is 434 g/mol. The fourth-order valence-corrected chi connectivity index (χ4v) is 4.28. The summed E-state index contributed by atoms with van der Waals surface area (Å²) in [6, 6.07) is 13.0. The molecule has 0 radical (unpaired) electrons. The van der Waals surface area contributed by atoms with E-state index in [1.165, 1.54) is 28.6 Å². The quantitative estimate of drug-likeness (QED) is 0.594. The number of hydrogen-bond donors (Lipinski definition) is 2. The van der Waals surface area contributed by atoms with Gasteiger partial charge in [-0.1, -0.05) is 32.0 Å². The number of rotatable bonds is 10. The highest BCUT2D eigenvalue weighted by Crippen LogP contribution is 2.17. The molecular weight excluding hydrogens is 406 g/mol. The van der Waals surface area contributed by atoms with Crippen LogP contribution in [0.1, 0.15) is 29.8 Å². The molecule has 2 aromatic rings. The van der Waals surface area contributed by atoms with Crippen LogP contribution in [0.2, 0.25) is 0 Å². The van der Waals surface area contributed by atoms with Gasteiger partial charge < -0.3 is 15.4 Å². The average Bonchev–Trinajstić information content (AvgIpc) is 2.77. The number of nitrogens with one attached hydrogen (secondary N) is 2. The molecule has 2 N–H and O–H groups in total. The molecule has 0 fully saturated rings. The monoisotopic (exact) mass is 433 g/mol. The van der Waals surface area contributed by atoms with Crippen molar-refractivity contribution in [1.29, 1.82) is 0 Å². The van der Waals surface area contributed by atoms with Gasteiger partial charge in [-0.3, -0.25) is 9.59 Å². The number of carbonyl (C=O) groups excluding carboxylic acids is 2. The number of hydrogen-bond acceptors (Lipinski definition) is 5. The van der Waals surface area contributed by atoms with Crippen molar-refractivity contribution in [2.45, 2.75) is 25.3 Å². The van der Waals surface area contributed by atoms with Crippen LogP contribution in [0.15, 0.2) is 53.4 Å². The molecule has 0 aromatic heterocycles. The Hall–Kier alpha value is -2.91. The smallest absolute Gasteiger partial charge is 0.251 e. The van der Waals surface area contributed by atoms with E-state index in [9.17, 15) is 18.0 Å². The molecule has 0 heterocycles. The maximum atomic E-state index is 12.6. The second-order valence-electron chi connectivity index (χ2n) is 6.42. The van der Waals surface area contributed by atoms with E-state index in [1.807, 2.05) is 12.1 Å². The fourth-order valence-electron chi connectivity index (χ4n) is 2.78. The number of ether oxygens (including phenoxy) is 1. The second kappa shape index (κ2) is 10.7. The van der Waals surface area contributed by atoms with Crippen LogP contribution in [-0.2, 0) is 21.4 Å². The molecule has 9 heteroatoms. The largest absolute Gasteiger partial charge is 0.497 e. The summed E-state index contributed by atoms with van der Waals surface area (Å²) >= 11 is 0. The maximum absolute atomic E-state index is 12.6. The van der Waals surface area contributed by atoms with Crippen molar-refractivity contribution in [1.82, 2.24) is 14.9 Å². The normalized spacial score (nSPS) is 11.2. The molecule has 8 nitrogen and oxygen atoms in total. The number of methoxy groups -OCH3 is 1. The van der Waals surface area contributed by atoms with E-state index in [1.54, 1.807) is 33.1 Å². The highest BCUT2D eigenvalue weighted by atomic mass is 32.2. The Bertz CT molecular complexity index is 970. The number of benzene rings is 2. The van der Waals surface area contributed by atoms with Crippen molar-refractivity contribution in [3.05, 3.63) is 59.7 Å².